The zero-order valence-corrected chi connectivity index (χ0v) is 20.1. The van der Waals surface area contributed by atoms with Crippen LogP contribution in [0.15, 0.2) is 41.3 Å². The van der Waals surface area contributed by atoms with Gasteiger partial charge >= 0.3 is 5.97 Å². The molecule has 1 unspecified atom stereocenters. The first-order valence-corrected chi connectivity index (χ1v) is 12.4. The number of aldehydes is 1. The van der Waals surface area contributed by atoms with Crippen molar-refractivity contribution in [2.75, 3.05) is 0 Å². The maximum absolute atomic E-state index is 12.7. The average molecular weight is 478 g/mol. The highest BCUT2D eigenvalue weighted by atomic mass is 35.5. The normalized spacial score (nSPS) is 16.3. The third kappa shape index (κ3) is 6.40. The molecule has 0 spiro atoms. The van der Waals surface area contributed by atoms with E-state index in [-0.39, 0.29) is 23.3 Å². The lowest BCUT2D eigenvalue weighted by atomic mass is 9.83. The smallest absolute Gasteiger partial charge is 0.306 e. The topological polar surface area (TPSA) is 89.5 Å². The van der Waals surface area contributed by atoms with Crippen molar-refractivity contribution in [3.05, 3.63) is 63.7 Å². The van der Waals surface area contributed by atoms with E-state index in [0.29, 0.717) is 36.3 Å². The number of ether oxygens (including phenoxy) is 1. The minimum absolute atomic E-state index is 0.160. The predicted octanol–water partition coefficient (Wildman–Crippen LogP) is 4.26. The summed E-state index contributed by atoms with van der Waals surface area (Å²) in [6.45, 7) is 5.47. The van der Waals surface area contributed by atoms with Crippen LogP contribution in [0.2, 0.25) is 5.02 Å². The van der Waals surface area contributed by atoms with Crippen LogP contribution in [0.3, 0.4) is 0 Å². The van der Waals surface area contributed by atoms with Gasteiger partial charge in [0, 0.05) is 23.0 Å². The first-order chi connectivity index (χ1) is 15.0. The number of nitrogens with one attached hydrogen (secondary N) is 1. The number of benzene rings is 2. The van der Waals surface area contributed by atoms with Gasteiger partial charge in [-0.3, -0.25) is 9.59 Å². The molecule has 1 aliphatic carbocycles. The number of sulfonamides is 1. The summed E-state index contributed by atoms with van der Waals surface area (Å²) in [4.78, 5) is 23.8. The van der Waals surface area contributed by atoms with Gasteiger partial charge in [0.05, 0.1) is 4.90 Å². The Hall–Kier alpha value is -2.22. The number of esters is 1. The molecule has 0 radical (unpaired) electrons. The summed E-state index contributed by atoms with van der Waals surface area (Å²) in [5.74, 6) is -0.285. The lowest BCUT2D eigenvalue weighted by Gasteiger charge is -2.28. The van der Waals surface area contributed by atoms with Gasteiger partial charge in [-0.2, -0.15) is 0 Å². The highest BCUT2D eigenvalue weighted by molar-refractivity contribution is 7.89. The van der Waals surface area contributed by atoms with E-state index in [1.807, 2.05) is 32.9 Å². The van der Waals surface area contributed by atoms with E-state index in [2.05, 4.69) is 4.72 Å². The van der Waals surface area contributed by atoms with E-state index < -0.39 is 15.6 Å². The van der Waals surface area contributed by atoms with Gasteiger partial charge in [-0.15, -0.1) is 0 Å². The van der Waals surface area contributed by atoms with Crippen molar-refractivity contribution in [2.45, 2.75) is 69.4 Å². The van der Waals surface area contributed by atoms with Crippen molar-refractivity contribution in [3.8, 4) is 0 Å². The molecule has 0 bridgehead atoms. The van der Waals surface area contributed by atoms with Crippen molar-refractivity contribution in [1.29, 1.82) is 0 Å². The number of aryl methyl sites for hydroxylation is 1. The first-order valence-electron chi connectivity index (χ1n) is 10.6. The molecule has 2 aromatic carbocycles. The van der Waals surface area contributed by atoms with Crippen LogP contribution in [0.25, 0.3) is 0 Å². The van der Waals surface area contributed by atoms with Gasteiger partial charge < -0.3 is 4.74 Å². The minimum Gasteiger partial charge on any atom is -0.460 e. The van der Waals surface area contributed by atoms with E-state index in [1.54, 1.807) is 12.1 Å². The summed E-state index contributed by atoms with van der Waals surface area (Å²) in [6.07, 6.45) is 3.23. The molecule has 0 amide bonds. The Morgan fingerprint density at radius 1 is 1.22 bits per heavy atom. The number of carbonyl (C=O) groups is 2. The molecule has 1 atom stereocenters. The predicted molar refractivity (Wildman–Crippen MR) is 124 cm³/mol. The molecule has 0 aliphatic heterocycles. The number of hydrogen-bond acceptors (Lipinski definition) is 5. The van der Waals surface area contributed by atoms with Crippen molar-refractivity contribution in [3.63, 3.8) is 0 Å². The monoisotopic (exact) mass is 477 g/mol. The Morgan fingerprint density at radius 3 is 2.53 bits per heavy atom. The van der Waals surface area contributed by atoms with E-state index in [9.17, 15) is 18.0 Å². The summed E-state index contributed by atoms with van der Waals surface area (Å²) in [5, 5.41) is 0.468. The molecule has 8 heteroatoms. The lowest BCUT2D eigenvalue weighted by Crippen LogP contribution is -2.39. The molecule has 0 fully saturated rings. The molecule has 1 N–H and O–H groups in total. The van der Waals surface area contributed by atoms with E-state index >= 15 is 0 Å². The first kappa shape index (κ1) is 24.4. The largest absolute Gasteiger partial charge is 0.460 e. The van der Waals surface area contributed by atoms with Crippen LogP contribution < -0.4 is 4.72 Å². The van der Waals surface area contributed by atoms with Crippen LogP contribution in [0.4, 0.5) is 0 Å². The van der Waals surface area contributed by atoms with Crippen molar-refractivity contribution >= 4 is 33.9 Å². The van der Waals surface area contributed by atoms with Gasteiger partial charge in [0.1, 0.15) is 11.9 Å². The summed E-state index contributed by atoms with van der Waals surface area (Å²) in [5.41, 5.74) is 2.93. The van der Waals surface area contributed by atoms with Gasteiger partial charge in [-0.05, 0) is 99.5 Å². The standard InChI is InChI=1S/C24H28ClNO5S/c1-24(2,3)31-23(28)11-4-17-12-16(15-27)13-18-14-20(7-10-22(17)18)26-32(29,30)21-8-5-19(25)6-9-21/h5-6,8-9,12-13,15,20,26H,4,7,10-11,14H2,1-3H3. The van der Waals surface area contributed by atoms with Gasteiger partial charge in [0.2, 0.25) is 10.0 Å². The molecule has 0 heterocycles. The van der Waals surface area contributed by atoms with Gasteiger partial charge in [-0.1, -0.05) is 11.6 Å². The summed E-state index contributed by atoms with van der Waals surface area (Å²) < 4.78 is 33.6. The van der Waals surface area contributed by atoms with Crippen LogP contribution in [-0.2, 0) is 38.8 Å². The maximum atomic E-state index is 12.7. The quantitative estimate of drug-likeness (QED) is 0.475. The Bertz CT molecular complexity index is 1100. The van der Waals surface area contributed by atoms with E-state index in [0.717, 1.165) is 23.0 Å². The Labute approximate surface area is 194 Å². The van der Waals surface area contributed by atoms with Crippen LogP contribution in [0.1, 0.15) is 60.7 Å². The van der Waals surface area contributed by atoms with Gasteiger partial charge in [0.25, 0.3) is 0 Å². The third-order valence-electron chi connectivity index (χ3n) is 5.27. The number of hydrogen-bond donors (Lipinski definition) is 1. The third-order valence-corrected chi connectivity index (χ3v) is 7.05. The summed E-state index contributed by atoms with van der Waals surface area (Å²) in [7, 11) is -3.68. The highest BCUT2D eigenvalue weighted by Crippen LogP contribution is 2.28. The maximum Gasteiger partial charge on any atom is 0.306 e. The lowest BCUT2D eigenvalue weighted by molar-refractivity contribution is -0.154. The molecule has 3 rings (SSSR count). The van der Waals surface area contributed by atoms with Crippen LogP contribution in [-0.4, -0.2) is 32.3 Å². The Kier molecular flexibility index (Phi) is 7.43. The second-order valence-electron chi connectivity index (χ2n) is 9.04. The fraction of sp³-hybridized carbons (Fsp3) is 0.417. The average Bonchev–Trinajstić information content (AvgIpc) is 2.70. The fourth-order valence-corrected chi connectivity index (χ4v) is 5.33. The van der Waals surface area contributed by atoms with Crippen LogP contribution in [0.5, 0.6) is 0 Å². The van der Waals surface area contributed by atoms with Crippen molar-refractivity contribution in [2.24, 2.45) is 0 Å². The van der Waals surface area contributed by atoms with Gasteiger partial charge in [0.15, 0.2) is 0 Å². The molecule has 2 aromatic rings. The van der Waals surface area contributed by atoms with Crippen molar-refractivity contribution < 1.29 is 22.7 Å². The molecule has 0 aromatic heterocycles. The molecular weight excluding hydrogens is 450 g/mol. The zero-order valence-electron chi connectivity index (χ0n) is 18.5. The molecule has 32 heavy (non-hydrogen) atoms. The Balaban J connectivity index is 1.75. The second kappa shape index (κ2) is 9.73. The molecular formula is C24H28ClNO5S. The number of fused-ring (bicyclic) bond motifs is 1. The summed E-state index contributed by atoms with van der Waals surface area (Å²) in [6, 6.07) is 9.36. The molecule has 172 valence electrons. The number of carbonyl (C=O) groups excluding carboxylic acids is 2. The minimum atomic E-state index is -3.68. The summed E-state index contributed by atoms with van der Waals surface area (Å²) >= 11 is 5.86. The molecule has 0 saturated heterocycles. The van der Waals surface area contributed by atoms with Gasteiger partial charge in [-0.25, -0.2) is 13.1 Å². The molecule has 1 aliphatic rings. The molecule has 6 nitrogen and oxygen atoms in total. The second-order valence-corrected chi connectivity index (χ2v) is 11.2. The number of rotatable bonds is 7. The van der Waals surface area contributed by atoms with E-state index in [4.69, 9.17) is 16.3 Å². The zero-order chi connectivity index (χ0) is 23.5. The van der Waals surface area contributed by atoms with Crippen molar-refractivity contribution in [1.82, 2.24) is 4.72 Å². The highest BCUT2D eigenvalue weighted by Gasteiger charge is 2.26. The van der Waals surface area contributed by atoms with E-state index in [1.165, 1.54) is 12.1 Å². The number of halogens is 1. The molecule has 0 saturated carbocycles. The Morgan fingerprint density at radius 2 is 1.91 bits per heavy atom. The van der Waals surface area contributed by atoms with Crippen LogP contribution in [0, 0.1) is 0 Å². The van der Waals surface area contributed by atoms with Crippen LogP contribution >= 0.6 is 11.6 Å². The fourth-order valence-electron chi connectivity index (χ4n) is 3.94. The SMILES string of the molecule is CC(C)(C)OC(=O)CCc1cc(C=O)cc2c1CCC(NS(=O)(=O)c1ccc(Cl)cc1)C2.